The molecule has 17 heavy (non-hydrogen) atoms. The van der Waals surface area contributed by atoms with E-state index in [-0.39, 0.29) is 11.3 Å². The summed E-state index contributed by atoms with van der Waals surface area (Å²) in [5.74, 6) is -1.47. The van der Waals surface area contributed by atoms with Crippen molar-refractivity contribution in [3.63, 3.8) is 0 Å². The van der Waals surface area contributed by atoms with Gasteiger partial charge in [-0.05, 0) is 24.6 Å². The maximum Gasteiger partial charge on any atom is 0.451 e. The van der Waals surface area contributed by atoms with E-state index in [1.165, 1.54) is 12.1 Å². The van der Waals surface area contributed by atoms with Crippen molar-refractivity contribution >= 4 is 28.3 Å². The van der Waals surface area contributed by atoms with Crippen LogP contribution < -0.4 is 5.73 Å². The Labute approximate surface area is 99.4 Å². The van der Waals surface area contributed by atoms with Gasteiger partial charge in [0.2, 0.25) is 5.82 Å². The Morgan fingerprint density at radius 3 is 2.47 bits per heavy atom. The van der Waals surface area contributed by atoms with Crippen molar-refractivity contribution in [1.29, 1.82) is 0 Å². The van der Waals surface area contributed by atoms with Crippen LogP contribution in [0.4, 0.5) is 19.0 Å². The molecule has 3 nitrogen and oxygen atoms in total. The molecule has 1 aromatic carbocycles. The Hall–Kier alpha value is -1.56. The number of hydrogen-bond donors (Lipinski definition) is 1. The van der Waals surface area contributed by atoms with Gasteiger partial charge >= 0.3 is 6.18 Å². The van der Waals surface area contributed by atoms with E-state index in [2.05, 4.69) is 9.97 Å². The average molecular weight is 262 g/mol. The van der Waals surface area contributed by atoms with Crippen LogP contribution in [0.25, 0.3) is 10.9 Å². The molecule has 0 amide bonds. The van der Waals surface area contributed by atoms with Crippen LogP contribution in [0.5, 0.6) is 0 Å². The normalized spacial score (nSPS) is 12.1. The fraction of sp³-hybridized carbons (Fsp3) is 0.200. The third-order valence-corrected chi connectivity index (χ3v) is 2.46. The van der Waals surface area contributed by atoms with Crippen molar-refractivity contribution in [1.82, 2.24) is 9.97 Å². The highest BCUT2D eigenvalue weighted by Crippen LogP contribution is 2.31. The third-order valence-electron chi connectivity index (χ3n) is 2.24. The van der Waals surface area contributed by atoms with Crippen LogP contribution in [0.2, 0.25) is 5.02 Å². The Balaban J connectivity index is 2.83. The summed E-state index contributed by atoms with van der Waals surface area (Å²) < 4.78 is 37.5. The molecule has 1 heterocycles. The molecule has 0 aliphatic rings. The van der Waals surface area contributed by atoms with E-state index in [1.54, 1.807) is 6.92 Å². The topological polar surface area (TPSA) is 51.8 Å². The fourth-order valence-corrected chi connectivity index (χ4v) is 1.78. The van der Waals surface area contributed by atoms with Crippen LogP contribution in [0.1, 0.15) is 11.4 Å². The molecule has 0 spiro atoms. The number of fused-ring (bicyclic) bond motifs is 1. The van der Waals surface area contributed by atoms with Gasteiger partial charge in [0.1, 0.15) is 5.82 Å². The van der Waals surface area contributed by atoms with E-state index in [9.17, 15) is 13.2 Å². The molecule has 0 saturated carbocycles. The first kappa shape index (κ1) is 11.9. The summed E-state index contributed by atoms with van der Waals surface area (Å²) in [6.07, 6.45) is -4.62. The molecule has 7 heteroatoms. The molecule has 2 aromatic rings. The highest BCUT2D eigenvalue weighted by molar-refractivity contribution is 6.31. The summed E-state index contributed by atoms with van der Waals surface area (Å²) in [6.45, 7) is 1.61. The van der Waals surface area contributed by atoms with Gasteiger partial charge in [-0.15, -0.1) is 0 Å². The van der Waals surface area contributed by atoms with E-state index >= 15 is 0 Å². The molecule has 0 aliphatic heterocycles. The molecule has 0 saturated heterocycles. The number of nitrogen functional groups attached to an aromatic ring is 1. The first-order valence-electron chi connectivity index (χ1n) is 4.59. The van der Waals surface area contributed by atoms with Crippen molar-refractivity contribution in [3.8, 4) is 0 Å². The summed E-state index contributed by atoms with van der Waals surface area (Å²) in [5.41, 5.74) is 6.16. The zero-order valence-electron chi connectivity index (χ0n) is 8.64. The maximum atomic E-state index is 12.5. The van der Waals surface area contributed by atoms with E-state index in [0.717, 1.165) is 0 Å². The summed E-state index contributed by atoms with van der Waals surface area (Å²) in [7, 11) is 0. The van der Waals surface area contributed by atoms with Crippen molar-refractivity contribution in [2.75, 3.05) is 5.73 Å². The van der Waals surface area contributed by atoms with Crippen LogP contribution in [-0.2, 0) is 6.18 Å². The van der Waals surface area contributed by atoms with E-state index in [0.29, 0.717) is 16.0 Å². The number of nitrogens with two attached hydrogens (primary N) is 1. The number of rotatable bonds is 0. The predicted molar refractivity (Wildman–Crippen MR) is 58.7 cm³/mol. The lowest BCUT2D eigenvalue weighted by Gasteiger charge is -2.09. The lowest BCUT2D eigenvalue weighted by Crippen LogP contribution is -2.13. The molecule has 0 bridgehead atoms. The minimum atomic E-state index is -4.62. The highest BCUT2D eigenvalue weighted by atomic mass is 35.5. The number of alkyl halides is 3. The molecule has 0 fully saturated rings. The van der Waals surface area contributed by atoms with Gasteiger partial charge in [-0.25, -0.2) is 9.97 Å². The Morgan fingerprint density at radius 2 is 1.88 bits per heavy atom. The second-order valence-corrected chi connectivity index (χ2v) is 3.99. The molecule has 2 rings (SSSR count). The molecular formula is C10H7ClF3N3. The van der Waals surface area contributed by atoms with Gasteiger partial charge in [-0.1, -0.05) is 11.6 Å². The first-order chi connectivity index (χ1) is 7.79. The molecule has 2 N–H and O–H groups in total. The minimum Gasteiger partial charge on any atom is -0.383 e. The summed E-state index contributed by atoms with van der Waals surface area (Å²) >= 11 is 5.79. The van der Waals surface area contributed by atoms with Crippen LogP contribution in [0.3, 0.4) is 0 Å². The highest BCUT2D eigenvalue weighted by Gasteiger charge is 2.35. The third kappa shape index (κ3) is 2.12. The zero-order valence-corrected chi connectivity index (χ0v) is 9.39. The van der Waals surface area contributed by atoms with Crippen molar-refractivity contribution < 1.29 is 13.2 Å². The predicted octanol–water partition coefficient (Wildman–Crippen LogP) is 3.19. The molecule has 0 aliphatic carbocycles. The SMILES string of the molecule is Cc1cc(Cl)cc2c(N)nc(C(F)(F)F)nc12. The number of benzene rings is 1. The first-order valence-corrected chi connectivity index (χ1v) is 4.97. The number of nitrogens with zero attached hydrogens (tertiary/aromatic N) is 2. The molecule has 0 radical (unpaired) electrons. The lowest BCUT2D eigenvalue weighted by molar-refractivity contribution is -0.144. The number of aryl methyl sites for hydroxylation is 1. The fourth-order valence-electron chi connectivity index (χ4n) is 1.51. The van der Waals surface area contributed by atoms with Crippen molar-refractivity contribution in [2.45, 2.75) is 13.1 Å². The monoisotopic (exact) mass is 261 g/mol. The zero-order chi connectivity index (χ0) is 12.8. The molecule has 0 atom stereocenters. The van der Waals surface area contributed by atoms with Crippen LogP contribution >= 0.6 is 11.6 Å². The van der Waals surface area contributed by atoms with Crippen molar-refractivity contribution in [2.24, 2.45) is 0 Å². The van der Waals surface area contributed by atoms with E-state index in [4.69, 9.17) is 17.3 Å². The van der Waals surface area contributed by atoms with Crippen LogP contribution in [0.15, 0.2) is 12.1 Å². The van der Waals surface area contributed by atoms with E-state index in [1.807, 2.05) is 0 Å². The molecule has 1 aromatic heterocycles. The van der Waals surface area contributed by atoms with Gasteiger partial charge in [-0.2, -0.15) is 13.2 Å². The van der Waals surface area contributed by atoms with Crippen LogP contribution in [0, 0.1) is 6.92 Å². The van der Waals surface area contributed by atoms with Gasteiger partial charge in [0.05, 0.1) is 5.52 Å². The number of anilines is 1. The van der Waals surface area contributed by atoms with Crippen LogP contribution in [-0.4, -0.2) is 9.97 Å². The van der Waals surface area contributed by atoms with Gasteiger partial charge in [-0.3, -0.25) is 0 Å². The maximum absolute atomic E-state index is 12.5. The second kappa shape index (κ2) is 3.73. The summed E-state index contributed by atoms with van der Waals surface area (Å²) in [6, 6.07) is 2.97. The second-order valence-electron chi connectivity index (χ2n) is 3.55. The number of hydrogen-bond acceptors (Lipinski definition) is 3. The Morgan fingerprint density at radius 1 is 1.24 bits per heavy atom. The van der Waals surface area contributed by atoms with Crippen molar-refractivity contribution in [3.05, 3.63) is 28.5 Å². The molecule has 0 unspecified atom stereocenters. The summed E-state index contributed by atoms with van der Waals surface area (Å²) in [4.78, 5) is 6.71. The smallest absolute Gasteiger partial charge is 0.383 e. The standard InChI is InChI=1S/C10H7ClF3N3/c1-4-2-5(11)3-6-7(4)16-9(10(12,13)14)17-8(6)15/h2-3H,1H3,(H2,15,16,17). The number of aromatic nitrogens is 2. The van der Waals surface area contributed by atoms with Gasteiger partial charge in [0, 0.05) is 10.4 Å². The molecule has 90 valence electrons. The van der Waals surface area contributed by atoms with E-state index < -0.39 is 12.0 Å². The Bertz CT molecular complexity index is 595. The number of halogens is 4. The average Bonchev–Trinajstić information content (AvgIpc) is 2.17. The molecular weight excluding hydrogens is 255 g/mol. The van der Waals surface area contributed by atoms with Gasteiger partial charge in [0.25, 0.3) is 0 Å². The lowest BCUT2D eigenvalue weighted by atomic mass is 10.1. The van der Waals surface area contributed by atoms with Gasteiger partial charge < -0.3 is 5.73 Å². The Kier molecular flexibility index (Phi) is 2.61. The quantitative estimate of drug-likeness (QED) is 0.792. The van der Waals surface area contributed by atoms with Gasteiger partial charge in [0.15, 0.2) is 0 Å². The largest absolute Gasteiger partial charge is 0.451 e. The summed E-state index contributed by atoms with van der Waals surface area (Å²) in [5, 5.41) is 0.702. The minimum absolute atomic E-state index is 0.161.